The average molecular weight is 499 g/mol. The summed E-state index contributed by atoms with van der Waals surface area (Å²) in [6, 6.07) is 12.6. The van der Waals surface area contributed by atoms with Gasteiger partial charge < -0.3 is 34.6 Å². The maximum absolute atomic E-state index is 10.3. The molecule has 2 aromatic carbocycles. The number of rotatable bonds is 12. The molecule has 182 valence electrons. The number of hydrogen-bond acceptors (Lipinski definition) is 7. The molecule has 1 saturated heterocycles. The first-order valence-electron chi connectivity index (χ1n) is 11.1. The highest BCUT2D eigenvalue weighted by Crippen LogP contribution is 2.27. The van der Waals surface area contributed by atoms with Gasteiger partial charge in [-0.25, -0.2) is 0 Å². The molecule has 0 radical (unpaired) electrons. The second-order valence-electron chi connectivity index (χ2n) is 8.16. The fourth-order valence-corrected chi connectivity index (χ4v) is 4.00. The van der Waals surface area contributed by atoms with Gasteiger partial charge in [-0.05, 0) is 62.3 Å². The van der Waals surface area contributed by atoms with Crippen LogP contribution in [0.3, 0.4) is 0 Å². The van der Waals surface area contributed by atoms with Gasteiger partial charge in [0.15, 0.2) is 0 Å². The van der Waals surface area contributed by atoms with Crippen molar-refractivity contribution in [2.75, 3.05) is 46.5 Å². The third-order valence-corrected chi connectivity index (χ3v) is 6.07. The third-order valence-electron chi connectivity index (χ3n) is 5.52. The number of aliphatic hydroxyl groups is 2. The van der Waals surface area contributed by atoms with E-state index in [0.717, 1.165) is 31.7 Å². The zero-order chi connectivity index (χ0) is 23.6. The van der Waals surface area contributed by atoms with Gasteiger partial charge in [-0.3, -0.25) is 0 Å². The fraction of sp³-hybridized carbons (Fsp3) is 0.500. The van der Waals surface area contributed by atoms with Crippen molar-refractivity contribution in [2.45, 2.75) is 31.1 Å². The Kier molecular flexibility index (Phi) is 10.4. The van der Waals surface area contributed by atoms with E-state index in [9.17, 15) is 10.2 Å². The van der Waals surface area contributed by atoms with Crippen LogP contribution in [0.2, 0.25) is 10.0 Å². The summed E-state index contributed by atoms with van der Waals surface area (Å²) in [5.74, 6) is 1.94. The molecular weight excluding hydrogens is 467 g/mol. The molecule has 0 aliphatic carbocycles. The van der Waals surface area contributed by atoms with Crippen LogP contribution >= 0.6 is 23.2 Å². The Balaban J connectivity index is 1.28. The van der Waals surface area contributed by atoms with Crippen LogP contribution in [0.25, 0.3) is 0 Å². The summed E-state index contributed by atoms with van der Waals surface area (Å²) in [6.07, 6.45) is 0.670. The number of ether oxygens (including phenoxy) is 3. The molecule has 33 heavy (non-hydrogen) atoms. The number of piperidine rings is 1. The number of benzene rings is 2. The van der Waals surface area contributed by atoms with E-state index in [1.54, 1.807) is 25.3 Å². The number of β-amino-alcohol motifs (C(OH)–C–C–N with tert-alkyl or cyclic N) is 1. The third kappa shape index (κ3) is 8.85. The van der Waals surface area contributed by atoms with Crippen molar-refractivity contribution < 1.29 is 24.4 Å². The van der Waals surface area contributed by atoms with Gasteiger partial charge in [0.25, 0.3) is 0 Å². The summed E-state index contributed by atoms with van der Waals surface area (Å²) in [7, 11) is 1.62. The maximum atomic E-state index is 10.3. The normalized spacial score (nSPS) is 16.9. The number of hydrogen-bond donors (Lipinski definition) is 3. The van der Waals surface area contributed by atoms with Crippen molar-refractivity contribution in [3.63, 3.8) is 0 Å². The number of nitrogens with zero attached hydrogens (tertiary/aromatic N) is 1. The van der Waals surface area contributed by atoms with Crippen molar-refractivity contribution in [2.24, 2.45) is 0 Å². The predicted molar refractivity (Wildman–Crippen MR) is 130 cm³/mol. The van der Waals surface area contributed by atoms with Crippen molar-refractivity contribution in [3.05, 3.63) is 52.5 Å². The quantitative estimate of drug-likeness (QED) is 0.414. The molecule has 9 heteroatoms. The average Bonchev–Trinajstić information content (AvgIpc) is 2.83. The molecule has 1 aliphatic rings. The number of likely N-dealkylation sites (tertiary alicyclic amines) is 1. The van der Waals surface area contributed by atoms with Gasteiger partial charge in [-0.1, -0.05) is 23.2 Å². The monoisotopic (exact) mass is 498 g/mol. The van der Waals surface area contributed by atoms with E-state index < -0.39 is 12.2 Å². The minimum absolute atomic E-state index is 0.151. The number of halogens is 2. The van der Waals surface area contributed by atoms with Crippen LogP contribution in [0, 0.1) is 0 Å². The maximum Gasteiger partial charge on any atom is 0.139 e. The summed E-state index contributed by atoms with van der Waals surface area (Å²) in [5, 5.41) is 25.0. The molecule has 7 nitrogen and oxygen atoms in total. The fourth-order valence-electron chi connectivity index (χ4n) is 3.67. The Morgan fingerprint density at radius 2 is 1.64 bits per heavy atom. The van der Waals surface area contributed by atoms with E-state index in [1.807, 2.05) is 24.3 Å². The van der Waals surface area contributed by atoms with Crippen molar-refractivity contribution in [1.82, 2.24) is 10.2 Å². The van der Waals surface area contributed by atoms with Crippen molar-refractivity contribution in [3.8, 4) is 17.2 Å². The smallest absolute Gasteiger partial charge is 0.139 e. The highest BCUT2D eigenvalue weighted by Gasteiger charge is 2.22. The lowest BCUT2D eigenvalue weighted by molar-refractivity contribution is 0.0556. The van der Waals surface area contributed by atoms with Gasteiger partial charge in [-0.2, -0.15) is 0 Å². The van der Waals surface area contributed by atoms with Crippen LogP contribution in [-0.4, -0.2) is 79.9 Å². The lowest BCUT2D eigenvalue weighted by Gasteiger charge is -2.33. The van der Waals surface area contributed by atoms with Crippen LogP contribution in [0.4, 0.5) is 0 Å². The predicted octanol–water partition coefficient (Wildman–Crippen LogP) is 3.24. The van der Waals surface area contributed by atoms with Crippen LogP contribution < -0.4 is 19.5 Å². The molecule has 0 bridgehead atoms. The minimum atomic E-state index is -0.624. The molecule has 0 aromatic heterocycles. The van der Waals surface area contributed by atoms with E-state index >= 15 is 0 Å². The zero-order valence-corrected chi connectivity index (χ0v) is 20.3. The Hall–Kier alpha value is -1.74. The van der Waals surface area contributed by atoms with E-state index in [0.29, 0.717) is 40.7 Å². The van der Waals surface area contributed by atoms with E-state index in [2.05, 4.69) is 10.2 Å². The largest absolute Gasteiger partial charge is 0.497 e. The number of nitrogens with one attached hydrogen (secondary N) is 1. The SMILES string of the molecule is COc1ccc(OC[C@@H](O)CNC2CCN(C[C@H](O)COc3cc(Cl)ccc3Cl)CC2)cc1. The standard InChI is InChI=1S/C24H32Cl2N2O5/c1-31-21-3-5-22(6-4-21)32-15-19(29)13-27-18-8-10-28(11-9-18)14-20(30)16-33-24-12-17(25)2-7-23(24)26/h2-7,12,18-20,27,29-30H,8-11,13-16H2,1H3/t19-,20-/m0/s1. The van der Waals surface area contributed by atoms with Gasteiger partial charge in [0.1, 0.15) is 42.7 Å². The molecule has 3 N–H and O–H groups in total. The lowest BCUT2D eigenvalue weighted by Crippen LogP contribution is -2.47. The molecule has 0 amide bonds. The van der Waals surface area contributed by atoms with Gasteiger partial charge in [0.2, 0.25) is 0 Å². The number of aliphatic hydroxyl groups excluding tert-OH is 2. The van der Waals surface area contributed by atoms with Gasteiger partial charge in [-0.15, -0.1) is 0 Å². The van der Waals surface area contributed by atoms with Crippen LogP contribution in [-0.2, 0) is 0 Å². The molecule has 0 spiro atoms. The molecule has 2 aromatic rings. The Labute approximate surface area is 205 Å². The highest BCUT2D eigenvalue weighted by molar-refractivity contribution is 6.34. The van der Waals surface area contributed by atoms with Crippen LogP contribution in [0.15, 0.2) is 42.5 Å². The summed E-state index contributed by atoms with van der Waals surface area (Å²) >= 11 is 12.0. The molecular formula is C24H32Cl2N2O5. The summed E-state index contributed by atoms with van der Waals surface area (Å²) in [5.41, 5.74) is 0. The molecule has 0 unspecified atom stereocenters. The van der Waals surface area contributed by atoms with E-state index in [4.69, 9.17) is 37.4 Å². The summed E-state index contributed by atoms with van der Waals surface area (Å²) in [4.78, 5) is 2.22. The minimum Gasteiger partial charge on any atom is -0.497 e. The van der Waals surface area contributed by atoms with Crippen LogP contribution in [0.5, 0.6) is 17.2 Å². The van der Waals surface area contributed by atoms with Gasteiger partial charge in [0.05, 0.1) is 12.1 Å². The lowest BCUT2D eigenvalue weighted by atomic mass is 10.0. The van der Waals surface area contributed by atoms with Gasteiger partial charge >= 0.3 is 0 Å². The number of methoxy groups -OCH3 is 1. The first-order chi connectivity index (χ1) is 15.9. The van der Waals surface area contributed by atoms with Gasteiger partial charge in [0, 0.05) is 30.2 Å². The zero-order valence-electron chi connectivity index (χ0n) is 18.8. The van der Waals surface area contributed by atoms with Crippen LogP contribution in [0.1, 0.15) is 12.8 Å². The van der Waals surface area contributed by atoms with E-state index in [1.165, 1.54) is 0 Å². The molecule has 1 aliphatic heterocycles. The second-order valence-corrected chi connectivity index (χ2v) is 9.01. The molecule has 1 fully saturated rings. The molecule has 1 heterocycles. The summed E-state index contributed by atoms with van der Waals surface area (Å²) < 4.78 is 16.4. The molecule has 3 rings (SSSR count). The van der Waals surface area contributed by atoms with Crippen molar-refractivity contribution in [1.29, 1.82) is 0 Å². The topological polar surface area (TPSA) is 83.4 Å². The van der Waals surface area contributed by atoms with Crippen molar-refractivity contribution >= 4 is 23.2 Å². The Bertz CT molecular complexity index is 847. The Morgan fingerprint density at radius 3 is 2.33 bits per heavy atom. The van der Waals surface area contributed by atoms with E-state index in [-0.39, 0.29) is 13.2 Å². The first kappa shape index (κ1) is 25.9. The first-order valence-corrected chi connectivity index (χ1v) is 11.8. The summed E-state index contributed by atoms with van der Waals surface area (Å²) in [6.45, 7) is 3.11. The second kappa shape index (κ2) is 13.2. The highest BCUT2D eigenvalue weighted by atomic mass is 35.5. The molecule has 2 atom stereocenters. The Morgan fingerprint density at radius 1 is 0.970 bits per heavy atom. The molecule has 0 saturated carbocycles.